The maximum absolute atomic E-state index is 12.6. The number of rotatable bonds is 6. The number of aromatic amines is 1. The first-order valence-electron chi connectivity index (χ1n) is 8.73. The SMILES string of the molecule is CC(C)(C)c1ccc(-c2csc3nc(SCCCC(=O)O)[nH]c(=O)c23)cc1. The lowest BCUT2D eigenvalue weighted by Gasteiger charge is -2.19. The van der Waals surface area contributed by atoms with Gasteiger partial charge in [0.15, 0.2) is 5.16 Å². The van der Waals surface area contributed by atoms with Gasteiger partial charge in [0.05, 0.1) is 5.39 Å². The summed E-state index contributed by atoms with van der Waals surface area (Å²) in [7, 11) is 0. The second-order valence-corrected chi connectivity index (χ2v) is 9.32. The Labute approximate surface area is 165 Å². The second kappa shape index (κ2) is 7.86. The largest absolute Gasteiger partial charge is 0.481 e. The number of thiophene rings is 1. The van der Waals surface area contributed by atoms with Crippen LogP contribution in [0.3, 0.4) is 0 Å². The highest BCUT2D eigenvalue weighted by molar-refractivity contribution is 7.99. The van der Waals surface area contributed by atoms with Crippen LogP contribution in [-0.4, -0.2) is 26.8 Å². The summed E-state index contributed by atoms with van der Waals surface area (Å²) in [6, 6.07) is 8.31. The number of aliphatic carboxylic acids is 1. The minimum atomic E-state index is -0.812. The molecule has 0 saturated heterocycles. The average Bonchev–Trinajstić information content (AvgIpc) is 3.02. The minimum Gasteiger partial charge on any atom is -0.481 e. The van der Waals surface area contributed by atoms with Gasteiger partial charge in [0.2, 0.25) is 0 Å². The molecule has 3 aromatic rings. The van der Waals surface area contributed by atoms with E-state index in [4.69, 9.17) is 5.11 Å². The molecule has 0 atom stereocenters. The number of fused-ring (bicyclic) bond motifs is 1. The number of nitrogens with zero attached hydrogens (tertiary/aromatic N) is 1. The lowest BCUT2D eigenvalue weighted by atomic mass is 9.86. The highest BCUT2D eigenvalue weighted by Gasteiger charge is 2.16. The summed E-state index contributed by atoms with van der Waals surface area (Å²) in [6.45, 7) is 6.52. The summed E-state index contributed by atoms with van der Waals surface area (Å²) >= 11 is 2.83. The molecule has 0 aliphatic heterocycles. The summed E-state index contributed by atoms with van der Waals surface area (Å²) < 4.78 is 0. The van der Waals surface area contributed by atoms with Gasteiger partial charge in [-0.25, -0.2) is 4.98 Å². The molecule has 142 valence electrons. The number of carboxylic acids is 1. The Balaban J connectivity index is 1.86. The van der Waals surface area contributed by atoms with Crippen LogP contribution < -0.4 is 5.56 Å². The van der Waals surface area contributed by atoms with E-state index in [-0.39, 0.29) is 17.4 Å². The van der Waals surface area contributed by atoms with Crippen molar-refractivity contribution in [1.29, 1.82) is 0 Å². The Morgan fingerprint density at radius 1 is 1.26 bits per heavy atom. The maximum atomic E-state index is 12.6. The van der Waals surface area contributed by atoms with Crippen molar-refractivity contribution < 1.29 is 9.90 Å². The van der Waals surface area contributed by atoms with Gasteiger partial charge in [0, 0.05) is 23.1 Å². The molecule has 0 aliphatic rings. The molecule has 0 spiro atoms. The van der Waals surface area contributed by atoms with E-state index in [2.05, 4.69) is 55.0 Å². The molecule has 27 heavy (non-hydrogen) atoms. The predicted octanol–water partition coefficient (Wildman–Crippen LogP) is 4.91. The smallest absolute Gasteiger partial charge is 0.303 e. The summed E-state index contributed by atoms with van der Waals surface area (Å²) in [5.74, 6) is -0.208. The third-order valence-electron chi connectivity index (χ3n) is 4.26. The van der Waals surface area contributed by atoms with E-state index in [1.165, 1.54) is 28.7 Å². The van der Waals surface area contributed by atoms with Crippen molar-refractivity contribution in [2.45, 2.75) is 44.2 Å². The van der Waals surface area contributed by atoms with Crippen LogP contribution in [0.2, 0.25) is 0 Å². The lowest BCUT2D eigenvalue weighted by Crippen LogP contribution is -2.10. The van der Waals surface area contributed by atoms with Gasteiger partial charge in [-0.15, -0.1) is 11.3 Å². The van der Waals surface area contributed by atoms with Gasteiger partial charge in [-0.1, -0.05) is 56.8 Å². The first-order valence-corrected chi connectivity index (χ1v) is 10.6. The quantitative estimate of drug-likeness (QED) is 0.348. The van der Waals surface area contributed by atoms with Crippen molar-refractivity contribution in [2.75, 3.05) is 5.75 Å². The number of aromatic nitrogens is 2. The topological polar surface area (TPSA) is 83.0 Å². The van der Waals surface area contributed by atoms with E-state index in [1.807, 2.05) is 5.38 Å². The van der Waals surface area contributed by atoms with Crippen LogP contribution in [0.4, 0.5) is 0 Å². The number of carboxylic acid groups (broad SMARTS) is 1. The number of hydrogen-bond acceptors (Lipinski definition) is 5. The van der Waals surface area contributed by atoms with Crippen molar-refractivity contribution in [1.82, 2.24) is 9.97 Å². The van der Waals surface area contributed by atoms with Crippen LogP contribution in [0.1, 0.15) is 39.2 Å². The highest BCUT2D eigenvalue weighted by Crippen LogP contribution is 2.33. The van der Waals surface area contributed by atoms with Gasteiger partial charge in [-0.2, -0.15) is 0 Å². The molecule has 0 radical (unpaired) electrons. The highest BCUT2D eigenvalue weighted by atomic mass is 32.2. The fourth-order valence-electron chi connectivity index (χ4n) is 2.75. The third-order valence-corrected chi connectivity index (χ3v) is 6.09. The van der Waals surface area contributed by atoms with E-state index in [0.717, 1.165) is 11.1 Å². The Morgan fingerprint density at radius 3 is 2.59 bits per heavy atom. The van der Waals surface area contributed by atoms with Crippen LogP contribution in [0, 0.1) is 0 Å². The normalized spacial score (nSPS) is 11.8. The monoisotopic (exact) mass is 402 g/mol. The zero-order chi connectivity index (χ0) is 19.6. The van der Waals surface area contributed by atoms with Gasteiger partial charge in [-0.3, -0.25) is 9.59 Å². The lowest BCUT2D eigenvalue weighted by molar-refractivity contribution is -0.137. The van der Waals surface area contributed by atoms with Crippen LogP contribution in [0.5, 0.6) is 0 Å². The Kier molecular flexibility index (Phi) is 5.72. The molecule has 3 rings (SSSR count). The Bertz CT molecular complexity index is 1010. The summed E-state index contributed by atoms with van der Waals surface area (Å²) in [6.07, 6.45) is 0.657. The van der Waals surface area contributed by atoms with Gasteiger partial charge in [-0.05, 0) is 23.0 Å². The van der Waals surface area contributed by atoms with E-state index >= 15 is 0 Å². The first kappa shape index (κ1) is 19.6. The number of benzene rings is 1. The molecule has 0 bridgehead atoms. The standard InChI is InChI=1S/C20H22N2O3S2/c1-20(2,3)13-8-6-12(7-9-13)14-11-27-18-16(14)17(25)21-19(22-18)26-10-4-5-15(23)24/h6-9,11H,4-5,10H2,1-3H3,(H,23,24)(H,21,22,25). The summed E-state index contributed by atoms with van der Waals surface area (Å²) in [5, 5.41) is 11.8. The van der Waals surface area contributed by atoms with Gasteiger partial charge >= 0.3 is 5.97 Å². The van der Waals surface area contributed by atoms with E-state index < -0.39 is 5.97 Å². The van der Waals surface area contributed by atoms with Crippen LogP contribution >= 0.6 is 23.1 Å². The average molecular weight is 403 g/mol. The molecule has 2 N–H and O–H groups in total. The van der Waals surface area contributed by atoms with Crippen molar-refractivity contribution >= 4 is 39.3 Å². The Morgan fingerprint density at radius 2 is 1.96 bits per heavy atom. The van der Waals surface area contributed by atoms with E-state index in [1.54, 1.807) is 0 Å². The molecule has 1 aromatic carbocycles. The van der Waals surface area contributed by atoms with E-state index in [0.29, 0.717) is 27.5 Å². The molecule has 0 amide bonds. The molecular formula is C20H22N2O3S2. The molecule has 5 nitrogen and oxygen atoms in total. The van der Waals surface area contributed by atoms with Crippen molar-refractivity contribution in [2.24, 2.45) is 0 Å². The van der Waals surface area contributed by atoms with Crippen LogP contribution in [0.25, 0.3) is 21.3 Å². The molecule has 0 unspecified atom stereocenters. The van der Waals surface area contributed by atoms with Crippen molar-refractivity contribution in [3.63, 3.8) is 0 Å². The number of hydrogen-bond donors (Lipinski definition) is 2. The molecule has 0 fully saturated rings. The minimum absolute atomic E-state index is 0.0844. The summed E-state index contributed by atoms with van der Waals surface area (Å²) in [4.78, 5) is 31.3. The van der Waals surface area contributed by atoms with Crippen LogP contribution in [-0.2, 0) is 10.2 Å². The van der Waals surface area contributed by atoms with Crippen molar-refractivity contribution in [3.8, 4) is 11.1 Å². The molecule has 0 aliphatic carbocycles. The van der Waals surface area contributed by atoms with Gasteiger partial charge in [0.25, 0.3) is 5.56 Å². The fourth-order valence-corrected chi connectivity index (χ4v) is 4.56. The van der Waals surface area contributed by atoms with Crippen LogP contribution in [0.15, 0.2) is 39.6 Å². The fraction of sp³-hybridized carbons (Fsp3) is 0.350. The second-order valence-electron chi connectivity index (χ2n) is 7.37. The Hall–Kier alpha value is -2.12. The number of carbonyl (C=O) groups is 1. The number of nitrogens with one attached hydrogen (secondary N) is 1. The van der Waals surface area contributed by atoms with Gasteiger partial charge < -0.3 is 10.1 Å². The number of H-pyrrole nitrogens is 1. The first-order chi connectivity index (χ1) is 12.8. The van der Waals surface area contributed by atoms with Crippen molar-refractivity contribution in [3.05, 3.63) is 45.6 Å². The molecule has 2 heterocycles. The molecule has 7 heteroatoms. The molecule has 2 aromatic heterocycles. The zero-order valence-electron chi connectivity index (χ0n) is 15.5. The molecular weight excluding hydrogens is 380 g/mol. The summed E-state index contributed by atoms with van der Waals surface area (Å²) in [5.41, 5.74) is 3.07. The zero-order valence-corrected chi connectivity index (χ0v) is 17.2. The third kappa shape index (κ3) is 4.59. The predicted molar refractivity (Wildman–Crippen MR) is 112 cm³/mol. The van der Waals surface area contributed by atoms with E-state index in [9.17, 15) is 9.59 Å². The molecule has 0 saturated carbocycles. The maximum Gasteiger partial charge on any atom is 0.303 e. The van der Waals surface area contributed by atoms with Gasteiger partial charge in [0.1, 0.15) is 4.83 Å². The number of thioether (sulfide) groups is 1.